The van der Waals surface area contributed by atoms with Crippen molar-refractivity contribution in [2.45, 2.75) is 19.5 Å². The van der Waals surface area contributed by atoms with Crippen molar-refractivity contribution in [2.75, 3.05) is 13.1 Å². The third kappa shape index (κ3) is 2.69. The van der Waals surface area contributed by atoms with Gasteiger partial charge in [-0.05, 0) is 19.1 Å². The van der Waals surface area contributed by atoms with E-state index in [1.165, 1.54) is 11.3 Å². The van der Waals surface area contributed by atoms with E-state index < -0.39 is 0 Å². The van der Waals surface area contributed by atoms with Crippen LogP contribution in [0.15, 0.2) is 12.1 Å². The van der Waals surface area contributed by atoms with Crippen LogP contribution in [0.5, 0.6) is 0 Å². The van der Waals surface area contributed by atoms with Gasteiger partial charge >= 0.3 is 0 Å². The highest BCUT2D eigenvalue weighted by molar-refractivity contribution is 7.14. The molecule has 0 bridgehead atoms. The normalized spacial score (nSPS) is 20.6. The molecule has 1 fully saturated rings. The van der Waals surface area contributed by atoms with Gasteiger partial charge in [-0.2, -0.15) is 0 Å². The minimum absolute atomic E-state index is 0.0535. The van der Waals surface area contributed by atoms with Crippen LogP contribution in [0.25, 0.3) is 0 Å². The molecule has 0 spiro atoms. The number of piperazine rings is 1. The standard InChI is InChI=1S/C11H16N4O2S/c1-7-10(16)13-4-5-15(7)6-8-2-3-9(18-8)11(17)14-12/h2-3,7H,4-6,12H2,1H3,(H,13,16)(H,14,17). The zero-order chi connectivity index (χ0) is 13.1. The van der Waals surface area contributed by atoms with Crippen LogP contribution in [0.1, 0.15) is 21.5 Å². The van der Waals surface area contributed by atoms with Gasteiger partial charge in [-0.3, -0.25) is 19.9 Å². The lowest BCUT2D eigenvalue weighted by molar-refractivity contribution is -0.128. The van der Waals surface area contributed by atoms with Crippen LogP contribution < -0.4 is 16.6 Å². The Kier molecular flexibility index (Phi) is 3.95. The van der Waals surface area contributed by atoms with Gasteiger partial charge in [0.05, 0.1) is 10.9 Å². The highest BCUT2D eigenvalue weighted by Crippen LogP contribution is 2.19. The van der Waals surface area contributed by atoms with E-state index in [4.69, 9.17) is 5.84 Å². The Hall–Kier alpha value is -1.44. The molecule has 2 rings (SSSR count). The minimum atomic E-state index is -0.282. The average Bonchev–Trinajstić information content (AvgIpc) is 2.82. The van der Waals surface area contributed by atoms with E-state index in [1.807, 2.05) is 13.0 Å². The monoisotopic (exact) mass is 268 g/mol. The highest BCUT2D eigenvalue weighted by atomic mass is 32.1. The number of nitrogens with two attached hydrogens (primary N) is 1. The van der Waals surface area contributed by atoms with Crippen molar-refractivity contribution in [1.29, 1.82) is 0 Å². The van der Waals surface area contributed by atoms with E-state index in [9.17, 15) is 9.59 Å². The van der Waals surface area contributed by atoms with Gasteiger partial charge in [0.15, 0.2) is 0 Å². The van der Waals surface area contributed by atoms with E-state index in [0.717, 1.165) is 11.4 Å². The van der Waals surface area contributed by atoms with Crippen LogP contribution in [0, 0.1) is 0 Å². The van der Waals surface area contributed by atoms with Crippen LogP contribution in [0.3, 0.4) is 0 Å². The van der Waals surface area contributed by atoms with Gasteiger partial charge in [0.25, 0.3) is 5.91 Å². The Bertz CT molecular complexity index is 460. The van der Waals surface area contributed by atoms with Crippen molar-refractivity contribution in [3.8, 4) is 0 Å². The molecule has 0 aromatic carbocycles. The lowest BCUT2D eigenvalue weighted by Crippen LogP contribution is -2.53. The number of thiophene rings is 1. The first-order valence-electron chi connectivity index (χ1n) is 5.73. The summed E-state index contributed by atoms with van der Waals surface area (Å²) in [6.07, 6.45) is 0. The molecule has 1 atom stereocenters. The Labute approximate surface area is 109 Å². The lowest BCUT2D eigenvalue weighted by atomic mass is 10.2. The largest absolute Gasteiger partial charge is 0.353 e. The molecule has 2 amide bonds. The Morgan fingerprint density at radius 2 is 2.44 bits per heavy atom. The molecule has 1 aromatic rings. The molecule has 18 heavy (non-hydrogen) atoms. The first kappa shape index (κ1) is 13.0. The maximum absolute atomic E-state index is 11.5. The zero-order valence-electron chi connectivity index (χ0n) is 10.1. The Balaban J connectivity index is 2.03. The summed E-state index contributed by atoms with van der Waals surface area (Å²) in [6, 6.07) is 3.51. The number of carbonyl (C=O) groups excluding carboxylic acids is 2. The van der Waals surface area contributed by atoms with E-state index in [0.29, 0.717) is 18.0 Å². The summed E-state index contributed by atoms with van der Waals surface area (Å²) >= 11 is 1.40. The van der Waals surface area contributed by atoms with Crippen LogP contribution in [-0.4, -0.2) is 35.8 Å². The molecular weight excluding hydrogens is 252 g/mol. The molecule has 7 heteroatoms. The molecule has 1 saturated heterocycles. The number of hydrogen-bond acceptors (Lipinski definition) is 5. The van der Waals surface area contributed by atoms with E-state index in [-0.39, 0.29) is 17.9 Å². The van der Waals surface area contributed by atoms with Crippen LogP contribution >= 0.6 is 11.3 Å². The van der Waals surface area contributed by atoms with Gasteiger partial charge < -0.3 is 5.32 Å². The van der Waals surface area contributed by atoms with Crippen molar-refractivity contribution >= 4 is 23.2 Å². The van der Waals surface area contributed by atoms with Crippen LogP contribution in [0.4, 0.5) is 0 Å². The fourth-order valence-electron chi connectivity index (χ4n) is 1.90. The number of carbonyl (C=O) groups is 2. The maximum Gasteiger partial charge on any atom is 0.275 e. The molecule has 4 N–H and O–H groups in total. The van der Waals surface area contributed by atoms with Gasteiger partial charge in [0.1, 0.15) is 0 Å². The molecular formula is C11H16N4O2S. The SMILES string of the molecule is CC1C(=O)NCCN1Cc1ccc(C(=O)NN)s1. The number of hydrogen-bond donors (Lipinski definition) is 3. The number of hydrazine groups is 1. The summed E-state index contributed by atoms with van der Waals surface area (Å²) in [5.74, 6) is 4.85. The van der Waals surface area contributed by atoms with E-state index in [1.54, 1.807) is 6.07 Å². The predicted molar refractivity (Wildman–Crippen MR) is 68.9 cm³/mol. The van der Waals surface area contributed by atoms with Crippen molar-refractivity contribution in [2.24, 2.45) is 5.84 Å². The third-order valence-corrected chi connectivity index (χ3v) is 4.07. The van der Waals surface area contributed by atoms with Crippen LogP contribution in [0.2, 0.25) is 0 Å². The molecule has 2 heterocycles. The maximum atomic E-state index is 11.5. The third-order valence-electron chi connectivity index (χ3n) is 3.00. The smallest absolute Gasteiger partial charge is 0.275 e. The van der Waals surface area contributed by atoms with Gasteiger partial charge in [0.2, 0.25) is 5.91 Å². The summed E-state index contributed by atoms with van der Waals surface area (Å²) < 4.78 is 0. The first-order chi connectivity index (χ1) is 8.61. The van der Waals surface area contributed by atoms with Crippen LogP contribution in [-0.2, 0) is 11.3 Å². The Morgan fingerprint density at radius 1 is 1.67 bits per heavy atom. The summed E-state index contributed by atoms with van der Waals surface area (Å²) in [5.41, 5.74) is 2.11. The quantitative estimate of drug-likeness (QED) is 0.398. The second-order valence-electron chi connectivity index (χ2n) is 4.18. The van der Waals surface area contributed by atoms with Gasteiger partial charge in [-0.1, -0.05) is 0 Å². The molecule has 1 aromatic heterocycles. The number of amides is 2. The number of nitrogens with zero attached hydrogens (tertiary/aromatic N) is 1. The summed E-state index contributed by atoms with van der Waals surface area (Å²) in [6.45, 7) is 4.06. The highest BCUT2D eigenvalue weighted by Gasteiger charge is 2.25. The Morgan fingerprint density at radius 3 is 3.17 bits per heavy atom. The molecule has 1 aliphatic heterocycles. The van der Waals surface area contributed by atoms with Gasteiger partial charge in [-0.15, -0.1) is 11.3 Å². The van der Waals surface area contributed by atoms with E-state index in [2.05, 4.69) is 15.6 Å². The van der Waals surface area contributed by atoms with Gasteiger partial charge in [0, 0.05) is 24.5 Å². The van der Waals surface area contributed by atoms with Gasteiger partial charge in [-0.25, -0.2) is 5.84 Å². The average molecular weight is 268 g/mol. The molecule has 98 valence electrons. The topological polar surface area (TPSA) is 87.5 Å². The fourth-order valence-corrected chi connectivity index (χ4v) is 2.84. The van der Waals surface area contributed by atoms with Crippen molar-refractivity contribution in [1.82, 2.24) is 15.6 Å². The molecule has 0 radical (unpaired) electrons. The van der Waals surface area contributed by atoms with Crippen molar-refractivity contribution in [3.63, 3.8) is 0 Å². The summed E-state index contributed by atoms with van der Waals surface area (Å²) in [5, 5.41) is 2.82. The number of nitrogens with one attached hydrogen (secondary N) is 2. The first-order valence-corrected chi connectivity index (χ1v) is 6.55. The number of rotatable bonds is 3. The second-order valence-corrected chi connectivity index (χ2v) is 5.35. The van der Waals surface area contributed by atoms with Crippen molar-refractivity contribution < 1.29 is 9.59 Å². The predicted octanol–water partition coefficient (Wildman–Crippen LogP) is -0.328. The van der Waals surface area contributed by atoms with E-state index >= 15 is 0 Å². The molecule has 1 aliphatic rings. The zero-order valence-corrected chi connectivity index (χ0v) is 10.9. The molecule has 6 nitrogen and oxygen atoms in total. The summed E-state index contributed by atoms with van der Waals surface area (Å²) in [4.78, 5) is 26.6. The molecule has 0 aliphatic carbocycles. The van der Waals surface area contributed by atoms with Crippen molar-refractivity contribution in [3.05, 3.63) is 21.9 Å². The lowest BCUT2D eigenvalue weighted by Gasteiger charge is -2.32. The second kappa shape index (κ2) is 5.47. The molecule has 1 unspecified atom stereocenters. The number of nitrogen functional groups attached to an aromatic ring is 1. The molecule has 0 saturated carbocycles. The fraction of sp³-hybridized carbons (Fsp3) is 0.455. The summed E-state index contributed by atoms with van der Waals surface area (Å²) in [7, 11) is 0. The minimum Gasteiger partial charge on any atom is -0.353 e.